The Hall–Kier alpha value is -2.77. The Balaban J connectivity index is 1.42. The first-order valence-electron chi connectivity index (χ1n) is 9.35. The zero-order valence-electron chi connectivity index (χ0n) is 15.5. The van der Waals surface area contributed by atoms with Crippen LogP contribution in [0, 0.1) is 0 Å². The minimum atomic E-state index is -0.302. The average molecular weight is 427 g/mol. The molecule has 1 saturated heterocycles. The van der Waals surface area contributed by atoms with Crippen LogP contribution in [0.2, 0.25) is 5.02 Å². The van der Waals surface area contributed by atoms with Crippen LogP contribution in [0.25, 0.3) is 0 Å². The first-order chi connectivity index (χ1) is 14.1. The first-order valence-corrected chi connectivity index (χ1v) is 10.5. The number of amides is 2. The van der Waals surface area contributed by atoms with Gasteiger partial charge in [-0.2, -0.15) is 0 Å². The van der Waals surface area contributed by atoms with Crippen LogP contribution in [0.3, 0.4) is 0 Å². The Morgan fingerprint density at radius 1 is 1.07 bits per heavy atom. The molecule has 1 aliphatic heterocycles. The second kappa shape index (κ2) is 8.71. The molecule has 2 aromatic carbocycles. The molecule has 1 fully saturated rings. The Labute approximate surface area is 177 Å². The van der Waals surface area contributed by atoms with E-state index >= 15 is 0 Å². The number of carbonyl (C=O) groups is 2. The van der Waals surface area contributed by atoms with E-state index in [4.69, 9.17) is 11.6 Å². The average Bonchev–Trinajstić information content (AvgIpc) is 3.26. The summed E-state index contributed by atoms with van der Waals surface area (Å²) in [6.07, 6.45) is 1.82. The number of piperidine rings is 1. The predicted octanol–water partition coefficient (Wildman–Crippen LogP) is 4.46. The van der Waals surface area contributed by atoms with Crippen molar-refractivity contribution in [3.63, 3.8) is 0 Å². The van der Waals surface area contributed by atoms with Crippen LogP contribution >= 0.6 is 22.9 Å². The predicted molar refractivity (Wildman–Crippen MR) is 114 cm³/mol. The van der Waals surface area contributed by atoms with Crippen molar-refractivity contribution < 1.29 is 9.59 Å². The van der Waals surface area contributed by atoms with E-state index < -0.39 is 0 Å². The Bertz CT molecular complexity index is 1010. The Kier molecular flexibility index (Phi) is 5.87. The summed E-state index contributed by atoms with van der Waals surface area (Å²) >= 11 is 7.15. The maximum atomic E-state index is 12.7. The fourth-order valence-corrected chi connectivity index (χ4v) is 4.33. The number of likely N-dealkylation sites (tertiary alicyclic amines) is 1. The molecule has 0 aliphatic carbocycles. The molecule has 0 spiro atoms. The van der Waals surface area contributed by atoms with E-state index in [1.54, 1.807) is 24.3 Å². The van der Waals surface area contributed by atoms with Crippen LogP contribution in [0.1, 0.15) is 43.9 Å². The van der Waals surface area contributed by atoms with E-state index in [-0.39, 0.29) is 17.7 Å². The van der Waals surface area contributed by atoms with Gasteiger partial charge in [-0.15, -0.1) is 10.2 Å². The van der Waals surface area contributed by atoms with Gasteiger partial charge >= 0.3 is 0 Å². The van der Waals surface area contributed by atoms with E-state index in [9.17, 15) is 9.59 Å². The van der Waals surface area contributed by atoms with Gasteiger partial charge in [-0.1, -0.05) is 41.1 Å². The van der Waals surface area contributed by atoms with Crippen molar-refractivity contribution in [3.05, 3.63) is 75.2 Å². The molecule has 1 aromatic heterocycles. The molecule has 1 atom stereocenters. The van der Waals surface area contributed by atoms with Gasteiger partial charge in [-0.25, -0.2) is 0 Å². The third-order valence-corrected chi connectivity index (χ3v) is 6.15. The molecule has 0 saturated carbocycles. The second-order valence-electron chi connectivity index (χ2n) is 6.86. The van der Waals surface area contributed by atoms with Gasteiger partial charge in [0.05, 0.1) is 0 Å². The van der Waals surface area contributed by atoms with Gasteiger partial charge in [0.1, 0.15) is 5.01 Å². The molecule has 0 radical (unpaired) electrons. The fourth-order valence-electron chi connectivity index (χ4n) is 3.34. The zero-order valence-corrected chi connectivity index (χ0v) is 17.1. The first kappa shape index (κ1) is 19.5. The quantitative estimate of drug-likeness (QED) is 0.668. The van der Waals surface area contributed by atoms with Gasteiger partial charge in [0.2, 0.25) is 5.01 Å². The monoisotopic (exact) mass is 426 g/mol. The number of aromatic nitrogens is 2. The molecular formula is C21H19ClN4O2S. The number of nitrogens with zero attached hydrogens (tertiary/aromatic N) is 3. The van der Waals surface area contributed by atoms with Gasteiger partial charge < -0.3 is 10.2 Å². The summed E-state index contributed by atoms with van der Waals surface area (Å²) in [5.41, 5.74) is 1.34. The molecular weight excluding hydrogens is 408 g/mol. The number of carbonyl (C=O) groups excluding carboxylic acids is 2. The lowest BCUT2D eigenvalue weighted by Crippen LogP contribution is -2.39. The normalized spacial score (nSPS) is 16.4. The maximum Gasteiger partial charge on any atom is 0.286 e. The third-order valence-electron chi connectivity index (χ3n) is 4.82. The van der Waals surface area contributed by atoms with E-state index in [0.717, 1.165) is 24.4 Å². The van der Waals surface area contributed by atoms with E-state index in [1.165, 1.54) is 11.3 Å². The summed E-state index contributed by atoms with van der Waals surface area (Å²) in [4.78, 5) is 27.0. The number of halogens is 1. The molecule has 3 aromatic rings. The number of hydrogen-bond acceptors (Lipinski definition) is 5. The number of hydrogen-bond donors (Lipinski definition) is 1. The lowest BCUT2D eigenvalue weighted by atomic mass is 9.98. The summed E-state index contributed by atoms with van der Waals surface area (Å²) in [5, 5.41) is 12.8. The highest BCUT2D eigenvalue weighted by molar-refractivity contribution is 7.13. The summed E-state index contributed by atoms with van der Waals surface area (Å²) in [5.74, 6) is -0.185. The summed E-state index contributed by atoms with van der Waals surface area (Å²) < 4.78 is 0. The molecule has 6 nitrogen and oxygen atoms in total. The minimum Gasteiger partial charge on any atom is -0.338 e. The minimum absolute atomic E-state index is 0.0283. The van der Waals surface area contributed by atoms with Crippen LogP contribution < -0.4 is 5.32 Å². The third kappa shape index (κ3) is 4.63. The van der Waals surface area contributed by atoms with Crippen molar-refractivity contribution in [2.24, 2.45) is 0 Å². The van der Waals surface area contributed by atoms with Gasteiger partial charge in [-0.3, -0.25) is 9.59 Å². The van der Waals surface area contributed by atoms with Crippen molar-refractivity contribution in [1.29, 1.82) is 0 Å². The van der Waals surface area contributed by atoms with E-state index in [2.05, 4.69) is 15.5 Å². The summed E-state index contributed by atoms with van der Waals surface area (Å²) in [7, 11) is 0. The molecule has 0 bridgehead atoms. The van der Waals surface area contributed by atoms with Crippen molar-refractivity contribution in [2.45, 2.75) is 18.8 Å². The maximum absolute atomic E-state index is 12.7. The lowest BCUT2D eigenvalue weighted by Gasteiger charge is -2.31. The summed E-state index contributed by atoms with van der Waals surface area (Å²) in [6, 6.07) is 16.2. The van der Waals surface area contributed by atoms with Gasteiger partial charge in [0, 0.05) is 35.3 Å². The van der Waals surface area contributed by atoms with Crippen molar-refractivity contribution in [1.82, 2.24) is 15.1 Å². The SMILES string of the molecule is O=C(Nc1ccc(Cl)cc1)c1nnc(C2CCCN(C(=O)c3ccccc3)C2)s1. The number of anilines is 1. The number of nitrogens with one attached hydrogen (secondary N) is 1. The highest BCUT2D eigenvalue weighted by Crippen LogP contribution is 2.30. The molecule has 1 unspecified atom stereocenters. The van der Waals surface area contributed by atoms with E-state index in [0.29, 0.717) is 27.8 Å². The highest BCUT2D eigenvalue weighted by atomic mass is 35.5. The molecule has 4 rings (SSSR count). The van der Waals surface area contributed by atoms with Crippen LogP contribution in [0.15, 0.2) is 54.6 Å². The molecule has 2 amide bonds. The molecule has 1 aliphatic rings. The topological polar surface area (TPSA) is 75.2 Å². The highest BCUT2D eigenvalue weighted by Gasteiger charge is 2.28. The zero-order chi connectivity index (χ0) is 20.2. The summed E-state index contributed by atoms with van der Waals surface area (Å²) in [6.45, 7) is 1.31. The van der Waals surface area contributed by atoms with Gasteiger partial charge in [0.25, 0.3) is 11.8 Å². The van der Waals surface area contributed by atoms with Gasteiger partial charge in [0.15, 0.2) is 0 Å². The van der Waals surface area contributed by atoms with Crippen molar-refractivity contribution in [2.75, 3.05) is 18.4 Å². The number of rotatable bonds is 4. The number of benzene rings is 2. The molecule has 148 valence electrons. The Morgan fingerprint density at radius 2 is 1.83 bits per heavy atom. The molecule has 1 N–H and O–H groups in total. The van der Waals surface area contributed by atoms with E-state index in [1.807, 2.05) is 35.2 Å². The lowest BCUT2D eigenvalue weighted by molar-refractivity contribution is 0.0706. The smallest absolute Gasteiger partial charge is 0.286 e. The van der Waals surface area contributed by atoms with Crippen LogP contribution in [0.4, 0.5) is 5.69 Å². The van der Waals surface area contributed by atoms with Gasteiger partial charge in [-0.05, 0) is 49.2 Å². The largest absolute Gasteiger partial charge is 0.338 e. The van der Waals surface area contributed by atoms with Crippen LogP contribution in [-0.4, -0.2) is 40.0 Å². The Morgan fingerprint density at radius 3 is 2.59 bits per heavy atom. The van der Waals surface area contributed by atoms with Crippen molar-refractivity contribution >= 4 is 40.4 Å². The second-order valence-corrected chi connectivity index (χ2v) is 8.31. The van der Waals surface area contributed by atoms with Crippen molar-refractivity contribution in [3.8, 4) is 0 Å². The molecule has 8 heteroatoms. The van der Waals surface area contributed by atoms with Crippen LogP contribution in [0.5, 0.6) is 0 Å². The molecule has 2 heterocycles. The standard InChI is InChI=1S/C21H19ClN4O2S/c22-16-8-10-17(11-9-16)23-18(27)20-25-24-19(29-20)15-7-4-12-26(13-15)21(28)14-5-2-1-3-6-14/h1-3,5-6,8-11,15H,4,7,12-13H2,(H,23,27). The fraction of sp³-hybridized carbons (Fsp3) is 0.238. The van der Waals surface area contributed by atoms with Crippen LogP contribution in [-0.2, 0) is 0 Å². The molecule has 29 heavy (non-hydrogen) atoms.